The molecule has 0 radical (unpaired) electrons. The maximum absolute atomic E-state index is 12.0. The van der Waals surface area contributed by atoms with E-state index in [1.54, 1.807) is 17.3 Å². The van der Waals surface area contributed by atoms with E-state index in [0.29, 0.717) is 12.4 Å². The van der Waals surface area contributed by atoms with Crippen LogP contribution in [0.25, 0.3) is 0 Å². The lowest BCUT2D eigenvalue weighted by molar-refractivity contribution is 0.0576. The number of fused-ring (bicyclic) bond motifs is 1. The minimum absolute atomic E-state index is 0.348. The number of aryl methyl sites for hydroxylation is 1. The largest absolute Gasteiger partial charge is 0.443 e. The van der Waals surface area contributed by atoms with E-state index in [1.165, 1.54) is 0 Å². The second-order valence-electron chi connectivity index (χ2n) is 5.06. The smallest absolute Gasteiger partial charge is 0.416 e. The average molecular weight is 235 g/mol. The van der Waals surface area contributed by atoms with Gasteiger partial charge in [-0.2, -0.15) is 0 Å². The molecule has 2 heterocycles. The number of rotatable bonds is 0. The Hall–Kier alpha value is -1.65. The summed E-state index contributed by atoms with van der Waals surface area (Å²) in [6.45, 7) is 6.20. The molecule has 0 N–H and O–H groups in total. The van der Waals surface area contributed by atoms with Crippen LogP contribution in [-0.4, -0.2) is 28.2 Å². The lowest BCUT2D eigenvalue weighted by atomic mass is 10.1. The Bertz CT molecular complexity index is 426. The van der Waals surface area contributed by atoms with E-state index >= 15 is 0 Å². The Labute approximate surface area is 101 Å². The van der Waals surface area contributed by atoms with Crippen molar-refractivity contribution in [3.8, 4) is 0 Å². The van der Waals surface area contributed by atoms with Crippen molar-refractivity contribution >= 4 is 11.9 Å². The van der Waals surface area contributed by atoms with Crippen molar-refractivity contribution in [2.24, 2.45) is 0 Å². The van der Waals surface area contributed by atoms with Crippen molar-refractivity contribution in [2.45, 2.75) is 39.2 Å². The molecule has 0 saturated carbocycles. The second kappa shape index (κ2) is 4.31. The van der Waals surface area contributed by atoms with Crippen molar-refractivity contribution in [1.29, 1.82) is 0 Å². The first-order valence-corrected chi connectivity index (χ1v) is 5.78. The average Bonchev–Trinajstić information content (AvgIpc) is 2.26. The van der Waals surface area contributed by atoms with Crippen LogP contribution in [0.1, 0.15) is 32.9 Å². The third-order valence-electron chi connectivity index (χ3n) is 2.42. The number of aromatic nitrogens is 2. The molecule has 0 fully saturated rings. The quantitative estimate of drug-likeness (QED) is 0.691. The van der Waals surface area contributed by atoms with Gasteiger partial charge in [0.2, 0.25) is 0 Å². The fourth-order valence-electron chi connectivity index (χ4n) is 1.77. The molecule has 0 unspecified atom stereocenters. The Morgan fingerprint density at radius 3 is 2.76 bits per heavy atom. The maximum atomic E-state index is 12.0. The Kier molecular flexibility index (Phi) is 3.00. The van der Waals surface area contributed by atoms with Gasteiger partial charge < -0.3 is 4.74 Å². The molecule has 1 aromatic heterocycles. The summed E-state index contributed by atoms with van der Waals surface area (Å²) in [4.78, 5) is 22.0. The van der Waals surface area contributed by atoms with Gasteiger partial charge in [-0.3, -0.25) is 9.88 Å². The Balaban J connectivity index is 2.21. The molecule has 0 aromatic carbocycles. The van der Waals surface area contributed by atoms with Gasteiger partial charge in [-0.15, -0.1) is 0 Å². The van der Waals surface area contributed by atoms with Gasteiger partial charge in [0, 0.05) is 18.9 Å². The molecule has 5 heteroatoms. The predicted molar refractivity (Wildman–Crippen MR) is 63.9 cm³/mol. The molecule has 0 bridgehead atoms. The molecule has 1 aliphatic heterocycles. The fraction of sp³-hybridized carbons (Fsp3) is 0.583. The van der Waals surface area contributed by atoms with Gasteiger partial charge in [0.1, 0.15) is 5.60 Å². The number of hydrogen-bond donors (Lipinski definition) is 0. The summed E-state index contributed by atoms with van der Waals surface area (Å²) >= 11 is 0. The number of nitrogens with zero attached hydrogens (tertiary/aromatic N) is 3. The van der Waals surface area contributed by atoms with Crippen LogP contribution >= 0.6 is 0 Å². The van der Waals surface area contributed by atoms with Gasteiger partial charge >= 0.3 is 6.09 Å². The van der Waals surface area contributed by atoms with E-state index in [4.69, 9.17) is 4.74 Å². The van der Waals surface area contributed by atoms with Crippen molar-refractivity contribution in [3.05, 3.63) is 18.1 Å². The lowest BCUT2D eigenvalue weighted by Gasteiger charge is -2.29. The molecule has 17 heavy (non-hydrogen) atoms. The molecular weight excluding hydrogens is 218 g/mol. The minimum atomic E-state index is -0.489. The number of ether oxygens (including phenoxy) is 1. The van der Waals surface area contributed by atoms with Gasteiger partial charge in [-0.05, 0) is 33.6 Å². The van der Waals surface area contributed by atoms with Crippen molar-refractivity contribution in [1.82, 2.24) is 9.97 Å². The molecule has 5 nitrogen and oxygen atoms in total. The summed E-state index contributed by atoms with van der Waals surface area (Å²) in [6, 6.07) is 0. The second-order valence-corrected chi connectivity index (χ2v) is 5.06. The van der Waals surface area contributed by atoms with E-state index in [2.05, 4.69) is 9.97 Å². The third-order valence-corrected chi connectivity index (χ3v) is 2.42. The van der Waals surface area contributed by atoms with Gasteiger partial charge in [-0.1, -0.05) is 0 Å². The van der Waals surface area contributed by atoms with E-state index in [0.717, 1.165) is 18.5 Å². The van der Waals surface area contributed by atoms with E-state index in [-0.39, 0.29) is 6.09 Å². The molecule has 2 rings (SSSR count). The summed E-state index contributed by atoms with van der Waals surface area (Å²) in [5, 5.41) is 0. The van der Waals surface area contributed by atoms with Crippen LogP contribution < -0.4 is 4.90 Å². The maximum Gasteiger partial charge on any atom is 0.416 e. The summed E-state index contributed by atoms with van der Waals surface area (Å²) in [5.41, 5.74) is 0.376. The van der Waals surface area contributed by atoms with Gasteiger partial charge in [0.25, 0.3) is 0 Å². The molecule has 1 aliphatic rings. The Morgan fingerprint density at radius 1 is 1.35 bits per heavy atom. The molecule has 1 amide bonds. The zero-order valence-electron chi connectivity index (χ0n) is 10.4. The SMILES string of the molecule is CC(C)(C)OC(=O)N1CCCc2nccnc21. The van der Waals surface area contributed by atoms with E-state index in [9.17, 15) is 4.79 Å². The summed E-state index contributed by atoms with van der Waals surface area (Å²) in [7, 11) is 0. The highest BCUT2D eigenvalue weighted by Crippen LogP contribution is 2.24. The number of amides is 1. The van der Waals surface area contributed by atoms with Crippen LogP contribution in [0.2, 0.25) is 0 Å². The van der Waals surface area contributed by atoms with Crippen molar-refractivity contribution in [3.63, 3.8) is 0 Å². The zero-order valence-corrected chi connectivity index (χ0v) is 10.4. The highest BCUT2D eigenvalue weighted by molar-refractivity contribution is 5.87. The van der Waals surface area contributed by atoms with E-state index in [1.807, 2.05) is 20.8 Å². The third kappa shape index (κ3) is 2.72. The normalized spacial score (nSPS) is 15.4. The van der Waals surface area contributed by atoms with Crippen LogP contribution in [0.3, 0.4) is 0 Å². The topological polar surface area (TPSA) is 55.3 Å². The molecule has 0 spiro atoms. The highest BCUT2D eigenvalue weighted by Gasteiger charge is 2.28. The molecule has 1 aromatic rings. The minimum Gasteiger partial charge on any atom is -0.443 e. The first kappa shape index (κ1) is 11.8. The van der Waals surface area contributed by atoms with Crippen LogP contribution in [0.4, 0.5) is 10.6 Å². The molecule has 0 saturated heterocycles. The first-order valence-electron chi connectivity index (χ1n) is 5.78. The van der Waals surface area contributed by atoms with Crippen molar-refractivity contribution in [2.75, 3.05) is 11.4 Å². The molecule has 0 atom stereocenters. The summed E-state index contributed by atoms with van der Waals surface area (Å²) in [5.74, 6) is 0.632. The van der Waals surface area contributed by atoms with Gasteiger partial charge in [-0.25, -0.2) is 9.78 Å². The van der Waals surface area contributed by atoms with E-state index < -0.39 is 5.60 Å². The number of anilines is 1. The number of carbonyl (C=O) groups is 1. The standard InChI is InChI=1S/C12H17N3O2/c1-12(2,3)17-11(16)15-8-4-5-9-10(15)14-7-6-13-9/h6-7H,4-5,8H2,1-3H3. The van der Waals surface area contributed by atoms with Gasteiger partial charge in [0.15, 0.2) is 5.82 Å². The van der Waals surface area contributed by atoms with Crippen LogP contribution in [-0.2, 0) is 11.2 Å². The molecule has 0 aliphatic carbocycles. The first-order chi connectivity index (χ1) is 7.97. The van der Waals surface area contributed by atoms with Crippen molar-refractivity contribution < 1.29 is 9.53 Å². The zero-order chi connectivity index (χ0) is 12.5. The number of hydrogen-bond acceptors (Lipinski definition) is 4. The lowest BCUT2D eigenvalue weighted by Crippen LogP contribution is -2.40. The molecule has 92 valence electrons. The summed E-state index contributed by atoms with van der Waals surface area (Å²) < 4.78 is 5.35. The molecular formula is C12H17N3O2. The van der Waals surface area contributed by atoms with Crippen LogP contribution in [0.15, 0.2) is 12.4 Å². The highest BCUT2D eigenvalue weighted by atomic mass is 16.6. The van der Waals surface area contributed by atoms with Gasteiger partial charge in [0.05, 0.1) is 5.69 Å². The monoisotopic (exact) mass is 235 g/mol. The van der Waals surface area contributed by atoms with Crippen LogP contribution in [0.5, 0.6) is 0 Å². The number of carbonyl (C=O) groups excluding carboxylic acids is 1. The Morgan fingerprint density at radius 2 is 2.06 bits per heavy atom. The predicted octanol–water partition coefficient (Wildman–Crippen LogP) is 2.16. The summed E-state index contributed by atoms with van der Waals surface area (Å²) in [6.07, 6.45) is 4.66. The fourth-order valence-corrected chi connectivity index (χ4v) is 1.77. The van der Waals surface area contributed by atoms with Crippen LogP contribution in [0, 0.1) is 0 Å².